The summed E-state index contributed by atoms with van der Waals surface area (Å²) in [5.41, 5.74) is 0. The third kappa shape index (κ3) is 4.51. The van der Waals surface area contributed by atoms with Gasteiger partial charge in [0.2, 0.25) is 0 Å². The summed E-state index contributed by atoms with van der Waals surface area (Å²) in [6.07, 6.45) is 4.18. The summed E-state index contributed by atoms with van der Waals surface area (Å²) in [7, 11) is 0. The zero-order valence-electron chi connectivity index (χ0n) is 12.1. The van der Waals surface area contributed by atoms with Crippen LogP contribution in [-0.2, 0) is 6.42 Å². The first kappa shape index (κ1) is 14.7. The van der Waals surface area contributed by atoms with Crippen molar-refractivity contribution in [3.8, 4) is 0 Å². The second kappa shape index (κ2) is 7.90. The Labute approximate surface area is 111 Å². The highest BCUT2D eigenvalue weighted by atomic mass is 15.1. The number of nitrogens with one attached hydrogen (secondary N) is 2. The smallest absolute Gasteiger partial charge is 0.132 e. The van der Waals surface area contributed by atoms with E-state index in [1.165, 1.54) is 0 Å². The van der Waals surface area contributed by atoms with Gasteiger partial charge in [-0.15, -0.1) is 0 Å². The summed E-state index contributed by atoms with van der Waals surface area (Å²) in [6, 6.07) is 2.50. The Kier molecular flexibility index (Phi) is 6.47. The number of anilines is 2. The normalized spacial score (nSPS) is 10.7. The van der Waals surface area contributed by atoms with Crippen molar-refractivity contribution in [3.63, 3.8) is 0 Å². The van der Waals surface area contributed by atoms with Crippen LogP contribution in [0.15, 0.2) is 6.07 Å². The van der Waals surface area contributed by atoms with E-state index < -0.39 is 0 Å². The van der Waals surface area contributed by atoms with Crippen LogP contribution in [0, 0.1) is 0 Å². The van der Waals surface area contributed by atoms with Crippen molar-refractivity contribution in [2.45, 2.75) is 59.4 Å². The van der Waals surface area contributed by atoms with E-state index in [-0.39, 0.29) is 0 Å². The molecule has 0 aromatic carbocycles. The molecular weight excluding hydrogens is 224 g/mol. The second-order valence-corrected chi connectivity index (χ2v) is 4.49. The monoisotopic (exact) mass is 250 g/mol. The molecule has 0 amide bonds. The van der Waals surface area contributed by atoms with Gasteiger partial charge in [-0.2, -0.15) is 0 Å². The summed E-state index contributed by atoms with van der Waals surface area (Å²) < 4.78 is 0. The number of rotatable bonds is 8. The van der Waals surface area contributed by atoms with Crippen molar-refractivity contribution in [2.75, 3.05) is 17.2 Å². The van der Waals surface area contributed by atoms with Crippen molar-refractivity contribution in [3.05, 3.63) is 11.9 Å². The fourth-order valence-electron chi connectivity index (χ4n) is 1.77. The molecular formula is C14H26N4. The van der Waals surface area contributed by atoms with Crippen LogP contribution in [0.1, 0.15) is 52.8 Å². The lowest BCUT2D eigenvalue weighted by molar-refractivity contribution is 0.667. The Balaban J connectivity index is 2.82. The Morgan fingerprint density at radius 2 is 1.72 bits per heavy atom. The molecule has 4 nitrogen and oxygen atoms in total. The van der Waals surface area contributed by atoms with Gasteiger partial charge >= 0.3 is 0 Å². The van der Waals surface area contributed by atoms with E-state index in [0.717, 1.165) is 49.7 Å². The van der Waals surface area contributed by atoms with Gasteiger partial charge in [-0.3, -0.25) is 0 Å². The van der Waals surface area contributed by atoms with Crippen LogP contribution in [0.5, 0.6) is 0 Å². The molecule has 102 valence electrons. The Hall–Kier alpha value is -1.32. The third-order valence-electron chi connectivity index (χ3n) is 2.98. The van der Waals surface area contributed by atoms with Crippen LogP contribution in [0.3, 0.4) is 0 Å². The number of nitrogens with zero attached hydrogens (tertiary/aromatic N) is 2. The Morgan fingerprint density at radius 1 is 1.06 bits per heavy atom. The largest absolute Gasteiger partial charge is 0.370 e. The summed E-state index contributed by atoms with van der Waals surface area (Å²) in [5, 5.41) is 6.81. The van der Waals surface area contributed by atoms with Crippen LogP contribution < -0.4 is 10.6 Å². The van der Waals surface area contributed by atoms with Crippen molar-refractivity contribution in [1.29, 1.82) is 0 Å². The first-order valence-corrected chi connectivity index (χ1v) is 7.11. The first-order valence-electron chi connectivity index (χ1n) is 7.11. The minimum absolute atomic E-state index is 0.489. The molecule has 1 aromatic heterocycles. The lowest BCUT2D eigenvalue weighted by Crippen LogP contribution is -2.19. The number of aromatic nitrogens is 2. The minimum atomic E-state index is 0.489. The lowest BCUT2D eigenvalue weighted by atomic mass is 10.2. The van der Waals surface area contributed by atoms with Crippen molar-refractivity contribution >= 4 is 11.6 Å². The highest BCUT2D eigenvalue weighted by Gasteiger charge is 2.07. The second-order valence-electron chi connectivity index (χ2n) is 4.49. The Morgan fingerprint density at radius 3 is 2.28 bits per heavy atom. The van der Waals surface area contributed by atoms with Crippen molar-refractivity contribution in [1.82, 2.24) is 9.97 Å². The van der Waals surface area contributed by atoms with Gasteiger partial charge in [0.05, 0.1) is 0 Å². The van der Waals surface area contributed by atoms with Gasteiger partial charge in [-0.05, 0) is 19.3 Å². The fourth-order valence-corrected chi connectivity index (χ4v) is 1.77. The van der Waals surface area contributed by atoms with Gasteiger partial charge in [-0.25, -0.2) is 9.97 Å². The number of hydrogen-bond donors (Lipinski definition) is 2. The zero-order chi connectivity index (χ0) is 13.4. The molecule has 0 unspecified atom stereocenters. The van der Waals surface area contributed by atoms with Crippen LogP contribution in [0.4, 0.5) is 11.6 Å². The molecule has 0 saturated carbocycles. The summed E-state index contributed by atoms with van der Waals surface area (Å²) in [5.74, 6) is 2.76. The number of hydrogen-bond acceptors (Lipinski definition) is 4. The standard InChI is InChI=1S/C14H26N4/c1-5-9-15-13-10-14(16-11(6-2)7-3)18-12(8-4)17-13/h10-11H,5-9H2,1-4H3,(H2,15,16,17,18). The fraction of sp³-hybridized carbons (Fsp3) is 0.714. The molecule has 0 aliphatic heterocycles. The molecule has 0 aliphatic rings. The maximum atomic E-state index is 4.53. The van der Waals surface area contributed by atoms with Crippen LogP contribution in [0.2, 0.25) is 0 Å². The van der Waals surface area contributed by atoms with E-state index in [4.69, 9.17) is 0 Å². The molecule has 0 spiro atoms. The SMILES string of the molecule is CCCNc1cc(NC(CC)CC)nc(CC)n1. The van der Waals surface area contributed by atoms with Gasteiger partial charge in [-0.1, -0.05) is 27.7 Å². The zero-order valence-corrected chi connectivity index (χ0v) is 12.1. The van der Waals surface area contributed by atoms with Crippen molar-refractivity contribution < 1.29 is 0 Å². The summed E-state index contributed by atoms with van der Waals surface area (Å²) in [6.45, 7) is 9.57. The average molecular weight is 250 g/mol. The van der Waals surface area contributed by atoms with E-state index in [9.17, 15) is 0 Å². The van der Waals surface area contributed by atoms with E-state index >= 15 is 0 Å². The maximum Gasteiger partial charge on any atom is 0.132 e. The van der Waals surface area contributed by atoms with E-state index in [0.29, 0.717) is 6.04 Å². The molecule has 1 aromatic rings. The maximum absolute atomic E-state index is 4.53. The molecule has 4 heteroatoms. The summed E-state index contributed by atoms with van der Waals surface area (Å²) in [4.78, 5) is 9.02. The minimum Gasteiger partial charge on any atom is -0.370 e. The van der Waals surface area contributed by atoms with E-state index in [2.05, 4.69) is 48.3 Å². The molecule has 18 heavy (non-hydrogen) atoms. The third-order valence-corrected chi connectivity index (χ3v) is 2.98. The lowest BCUT2D eigenvalue weighted by Gasteiger charge is -2.16. The van der Waals surface area contributed by atoms with Gasteiger partial charge in [0.25, 0.3) is 0 Å². The average Bonchev–Trinajstić information content (AvgIpc) is 2.42. The molecule has 2 N–H and O–H groups in total. The van der Waals surface area contributed by atoms with Crippen molar-refractivity contribution in [2.24, 2.45) is 0 Å². The quantitative estimate of drug-likeness (QED) is 0.742. The predicted octanol–water partition coefficient (Wildman–Crippen LogP) is 3.46. The van der Waals surface area contributed by atoms with E-state index in [1.807, 2.05) is 6.07 Å². The Bertz CT molecular complexity index is 348. The molecule has 0 aliphatic carbocycles. The van der Waals surface area contributed by atoms with Crippen LogP contribution >= 0.6 is 0 Å². The van der Waals surface area contributed by atoms with Gasteiger partial charge < -0.3 is 10.6 Å². The van der Waals surface area contributed by atoms with Crippen LogP contribution in [-0.4, -0.2) is 22.6 Å². The molecule has 0 atom stereocenters. The molecule has 1 heterocycles. The van der Waals surface area contributed by atoms with E-state index in [1.54, 1.807) is 0 Å². The van der Waals surface area contributed by atoms with Gasteiger partial charge in [0, 0.05) is 25.1 Å². The molecule has 0 bridgehead atoms. The first-order chi connectivity index (χ1) is 8.73. The van der Waals surface area contributed by atoms with Gasteiger partial charge in [0.1, 0.15) is 17.5 Å². The van der Waals surface area contributed by atoms with Crippen LogP contribution in [0.25, 0.3) is 0 Å². The predicted molar refractivity (Wildman–Crippen MR) is 78.2 cm³/mol. The molecule has 1 rings (SSSR count). The molecule has 0 radical (unpaired) electrons. The molecule has 0 saturated heterocycles. The molecule has 0 fully saturated rings. The highest BCUT2D eigenvalue weighted by Crippen LogP contribution is 2.14. The van der Waals surface area contributed by atoms with Gasteiger partial charge in [0.15, 0.2) is 0 Å². The number of aryl methyl sites for hydroxylation is 1. The summed E-state index contributed by atoms with van der Waals surface area (Å²) >= 11 is 0. The highest BCUT2D eigenvalue weighted by molar-refractivity contribution is 5.48. The topological polar surface area (TPSA) is 49.8 Å².